The molecule has 2 aliphatic rings. The van der Waals surface area contributed by atoms with Gasteiger partial charge >= 0.3 is 0 Å². The zero-order valence-corrected chi connectivity index (χ0v) is 19.5. The maximum absolute atomic E-state index is 5.55. The van der Waals surface area contributed by atoms with Crippen LogP contribution in [0.4, 0.5) is 5.82 Å². The fraction of sp³-hybridized carbons (Fsp3) is 0.684. The molecule has 0 bridgehead atoms. The van der Waals surface area contributed by atoms with Crippen molar-refractivity contribution in [1.29, 1.82) is 0 Å². The largest absolute Gasteiger partial charge is 0.381 e. The highest BCUT2D eigenvalue weighted by atomic mass is 127. The molecule has 0 radical (unpaired) electrons. The van der Waals surface area contributed by atoms with Crippen LogP contribution < -0.4 is 10.2 Å². The molecule has 3 rings (SSSR count). The number of hydrogen-bond donors (Lipinski definition) is 1. The molecule has 8 heteroatoms. The number of pyridine rings is 1. The van der Waals surface area contributed by atoms with E-state index in [1.54, 1.807) is 0 Å². The van der Waals surface area contributed by atoms with Crippen molar-refractivity contribution in [3.05, 3.63) is 24.4 Å². The molecule has 6 nitrogen and oxygen atoms in total. The lowest BCUT2D eigenvalue weighted by molar-refractivity contribution is 0.0793. The molecule has 0 atom stereocenters. The summed E-state index contributed by atoms with van der Waals surface area (Å²) < 4.78 is 5.78. The number of piperazine rings is 1. The summed E-state index contributed by atoms with van der Waals surface area (Å²) in [6, 6.07) is 6.10. The van der Waals surface area contributed by atoms with Gasteiger partial charge in [0.15, 0.2) is 5.96 Å². The van der Waals surface area contributed by atoms with Gasteiger partial charge < -0.3 is 19.9 Å². The van der Waals surface area contributed by atoms with Gasteiger partial charge in [0, 0.05) is 56.9 Å². The van der Waals surface area contributed by atoms with Crippen LogP contribution in [0.25, 0.3) is 0 Å². The first-order valence-electron chi connectivity index (χ1n) is 9.58. The molecule has 3 heterocycles. The Labute approximate surface area is 184 Å². The first-order chi connectivity index (χ1) is 12.8. The van der Waals surface area contributed by atoms with Gasteiger partial charge in [-0.3, -0.25) is 4.99 Å². The van der Waals surface area contributed by atoms with Crippen LogP contribution in [0.3, 0.4) is 0 Å². The lowest BCUT2D eigenvalue weighted by Gasteiger charge is -2.38. The summed E-state index contributed by atoms with van der Waals surface area (Å²) in [7, 11) is 0. The first kappa shape index (κ1) is 22.5. The Morgan fingerprint density at radius 3 is 2.59 bits per heavy atom. The van der Waals surface area contributed by atoms with Gasteiger partial charge in [0.2, 0.25) is 0 Å². The Hall–Kier alpha value is -0.740. The predicted octanol–water partition coefficient (Wildman–Crippen LogP) is 2.70. The summed E-state index contributed by atoms with van der Waals surface area (Å²) in [5.74, 6) is 2.12. The molecule has 0 saturated carbocycles. The molecular weight excluding hydrogens is 473 g/mol. The van der Waals surface area contributed by atoms with E-state index < -0.39 is 0 Å². The van der Waals surface area contributed by atoms with Crippen LogP contribution in [-0.4, -0.2) is 79.3 Å². The number of thioether (sulfide) groups is 1. The van der Waals surface area contributed by atoms with E-state index in [1.165, 1.54) is 0 Å². The van der Waals surface area contributed by atoms with Crippen LogP contribution in [0.1, 0.15) is 19.8 Å². The highest BCUT2D eigenvalue weighted by Crippen LogP contribution is 2.34. The summed E-state index contributed by atoms with van der Waals surface area (Å²) in [5.41, 5.74) is 0. The van der Waals surface area contributed by atoms with Crippen molar-refractivity contribution in [3.8, 4) is 0 Å². The van der Waals surface area contributed by atoms with Gasteiger partial charge in [-0.15, -0.1) is 24.0 Å². The number of guanidine groups is 1. The Balaban J connectivity index is 0.00000261. The average Bonchev–Trinajstić information content (AvgIpc) is 2.72. The Bertz CT molecular complexity index is 575. The van der Waals surface area contributed by atoms with E-state index in [2.05, 4.69) is 45.4 Å². The van der Waals surface area contributed by atoms with E-state index in [0.29, 0.717) is 0 Å². The van der Waals surface area contributed by atoms with E-state index in [9.17, 15) is 0 Å². The van der Waals surface area contributed by atoms with Gasteiger partial charge in [-0.2, -0.15) is 11.8 Å². The number of aliphatic imine (C=N–C) groups is 1. The van der Waals surface area contributed by atoms with E-state index in [4.69, 9.17) is 9.73 Å². The van der Waals surface area contributed by atoms with Gasteiger partial charge in [-0.25, -0.2) is 4.98 Å². The highest BCUT2D eigenvalue weighted by molar-refractivity contribution is 14.0. The molecule has 2 saturated heterocycles. The second-order valence-electron chi connectivity index (χ2n) is 6.83. The van der Waals surface area contributed by atoms with Gasteiger partial charge in [0.05, 0.1) is 6.54 Å². The van der Waals surface area contributed by atoms with Gasteiger partial charge in [-0.05, 0) is 38.2 Å². The van der Waals surface area contributed by atoms with Crippen molar-refractivity contribution in [2.45, 2.75) is 24.5 Å². The van der Waals surface area contributed by atoms with Crippen LogP contribution in [0.5, 0.6) is 0 Å². The lowest BCUT2D eigenvalue weighted by atomic mass is 9.99. The van der Waals surface area contributed by atoms with Crippen LogP contribution >= 0.6 is 35.7 Å². The average molecular weight is 505 g/mol. The molecule has 0 aliphatic carbocycles. The van der Waals surface area contributed by atoms with Crippen LogP contribution in [0, 0.1) is 0 Å². The number of aromatic nitrogens is 1. The van der Waals surface area contributed by atoms with Gasteiger partial charge in [0.25, 0.3) is 0 Å². The van der Waals surface area contributed by atoms with E-state index in [0.717, 1.165) is 77.1 Å². The fourth-order valence-electron chi connectivity index (χ4n) is 3.50. The Morgan fingerprint density at radius 2 is 2.00 bits per heavy atom. The Kier molecular flexibility index (Phi) is 9.44. The molecular formula is C19H32IN5OS. The van der Waals surface area contributed by atoms with Crippen molar-refractivity contribution in [1.82, 2.24) is 15.2 Å². The summed E-state index contributed by atoms with van der Waals surface area (Å²) in [5, 5.41) is 3.49. The SMILES string of the molecule is CCNC(=NCC1(SC)CCOCC1)N1CCN(c2ccccn2)CC1.I. The third-order valence-electron chi connectivity index (χ3n) is 5.24. The topological polar surface area (TPSA) is 53.0 Å². The van der Waals surface area contributed by atoms with Gasteiger partial charge in [-0.1, -0.05) is 6.07 Å². The third kappa shape index (κ3) is 6.12. The number of ether oxygens (including phenoxy) is 1. The fourth-order valence-corrected chi connectivity index (χ4v) is 4.27. The zero-order chi connectivity index (χ0) is 18.2. The minimum atomic E-state index is 0. The van der Waals surface area contributed by atoms with E-state index >= 15 is 0 Å². The molecule has 1 aromatic rings. The van der Waals surface area contributed by atoms with Crippen molar-refractivity contribution >= 4 is 47.5 Å². The molecule has 1 aromatic heterocycles. The van der Waals surface area contributed by atoms with Crippen molar-refractivity contribution in [2.24, 2.45) is 4.99 Å². The molecule has 0 aromatic carbocycles. The van der Waals surface area contributed by atoms with Crippen molar-refractivity contribution in [2.75, 3.05) is 63.6 Å². The molecule has 1 N–H and O–H groups in total. The second-order valence-corrected chi connectivity index (χ2v) is 8.11. The summed E-state index contributed by atoms with van der Waals surface area (Å²) >= 11 is 1.95. The second kappa shape index (κ2) is 11.3. The Morgan fingerprint density at radius 1 is 1.26 bits per heavy atom. The lowest BCUT2D eigenvalue weighted by Crippen LogP contribution is -2.53. The van der Waals surface area contributed by atoms with Gasteiger partial charge in [0.1, 0.15) is 5.82 Å². The molecule has 2 aliphatic heterocycles. The molecule has 0 unspecified atom stereocenters. The molecule has 27 heavy (non-hydrogen) atoms. The number of nitrogens with zero attached hydrogens (tertiary/aromatic N) is 4. The van der Waals surface area contributed by atoms with Crippen molar-refractivity contribution < 1.29 is 4.74 Å². The van der Waals surface area contributed by atoms with Crippen LogP contribution in [0.2, 0.25) is 0 Å². The maximum atomic E-state index is 5.55. The third-order valence-corrected chi connectivity index (χ3v) is 6.64. The minimum absolute atomic E-state index is 0. The summed E-state index contributed by atoms with van der Waals surface area (Å²) in [6.07, 6.45) is 6.25. The number of hydrogen-bond acceptors (Lipinski definition) is 5. The monoisotopic (exact) mass is 505 g/mol. The predicted molar refractivity (Wildman–Crippen MR) is 126 cm³/mol. The summed E-state index contributed by atoms with van der Waals surface area (Å²) in [6.45, 7) is 9.50. The highest BCUT2D eigenvalue weighted by Gasteiger charge is 2.32. The van der Waals surface area contributed by atoms with Crippen molar-refractivity contribution in [3.63, 3.8) is 0 Å². The normalized spacial score (nSPS) is 20.1. The minimum Gasteiger partial charge on any atom is -0.381 e. The van der Waals surface area contributed by atoms with E-state index in [-0.39, 0.29) is 28.7 Å². The first-order valence-corrected chi connectivity index (χ1v) is 10.8. The number of anilines is 1. The van der Waals surface area contributed by atoms with Crippen LogP contribution in [0.15, 0.2) is 29.4 Å². The van der Waals surface area contributed by atoms with E-state index in [1.807, 2.05) is 24.0 Å². The van der Waals surface area contributed by atoms with Crippen LogP contribution in [-0.2, 0) is 4.74 Å². The number of rotatable bonds is 5. The number of halogens is 1. The standard InChI is InChI=1S/C19H31N5OS.HI/c1-3-20-18(22-16-19(26-2)7-14-25-15-8-19)24-12-10-23(11-13-24)17-6-4-5-9-21-17;/h4-6,9H,3,7-8,10-16H2,1-2H3,(H,20,22);1H. The number of nitrogens with one attached hydrogen (secondary N) is 1. The molecule has 0 amide bonds. The molecule has 0 spiro atoms. The quantitative estimate of drug-likeness (QED) is 0.378. The maximum Gasteiger partial charge on any atom is 0.194 e. The summed E-state index contributed by atoms with van der Waals surface area (Å²) in [4.78, 5) is 14.2. The smallest absolute Gasteiger partial charge is 0.194 e. The molecule has 2 fully saturated rings. The molecule has 152 valence electrons. The zero-order valence-electron chi connectivity index (χ0n) is 16.4.